The molecule has 12 heteroatoms. The Bertz CT molecular complexity index is 2020. The van der Waals surface area contributed by atoms with Gasteiger partial charge in [0.2, 0.25) is 11.8 Å². The summed E-state index contributed by atoms with van der Waals surface area (Å²) in [5, 5.41) is 0. The van der Waals surface area contributed by atoms with Crippen LogP contribution in [0, 0.1) is 0 Å². The van der Waals surface area contributed by atoms with Crippen LogP contribution in [0.5, 0.6) is 0 Å². The molecule has 2 heterocycles. The average Bonchev–Trinajstić information content (AvgIpc) is 3.54. The van der Waals surface area contributed by atoms with Crippen molar-refractivity contribution >= 4 is 47.3 Å². The van der Waals surface area contributed by atoms with Gasteiger partial charge in [-0.05, 0) is 75.9 Å². The lowest BCUT2D eigenvalue weighted by Gasteiger charge is -2.43. The number of carbonyl (C=O) groups excluding carboxylic acids is 6. The first-order valence-corrected chi connectivity index (χ1v) is 18.2. The summed E-state index contributed by atoms with van der Waals surface area (Å²) >= 11 is 0. The first-order chi connectivity index (χ1) is 26.5. The fourth-order valence-electron chi connectivity index (χ4n) is 7.35. The highest BCUT2D eigenvalue weighted by Gasteiger charge is 2.73. The van der Waals surface area contributed by atoms with Crippen LogP contribution in [0.15, 0.2) is 109 Å². The van der Waals surface area contributed by atoms with Crippen LogP contribution in [0.3, 0.4) is 0 Å². The van der Waals surface area contributed by atoms with Gasteiger partial charge >= 0.3 is 24.1 Å². The number of para-hydroxylation sites is 2. The van der Waals surface area contributed by atoms with E-state index in [2.05, 4.69) is 0 Å². The molecule has 0 unspecified atom stereocenters. The number of nitrogens with zero attached hydrogens (tertiary/aromatic N) is 2. The van der Waals surface area contributed by atoms with Crippen LogP contribution in [0.25, 0.3) is 0 Å². The molecule has 2 aliphatic rings. The normalized spacial score (nSPS) is 18.9. The maximum atomic E-state index is 15.6. The largest absolute Gasteiger partial charge is 0.461 e. The summed E-state index contributed by atoms with van der Waals surface area (Å²) in [7, 11) is 0. The third kappa shape index (κ3) is 7.38. The Hall–Kier alpha value is -6.30. The van der Waals surface area contributed by atoms with E-state index >= 15 is 9.59 Å². The molecule has 0 radical (unpaired) electrons. The molecular weight excluding hydrogens is 716 g/mol. The highest BCUT2D eigenvalue weighted by molar-refractivity contribution is 6.30. The topological polar surface area (TPSA) is 146 Å². The van der Waals surface area contributed by atoms with E-state index in [0.29, 0.717) is 11.1 Å². The molecule has 56 heavy (non-hydrogen) atoms. The average molecular weight is 761 g/mol. The molecule has 6 rings (SSSR count). The van der Waals surface area contributed by atoms with E-state index < -0.39 is 70.8 Å². The zero-order chi connectivity index (χ0) is 40.5. The summed E-state index contributed by atoms with van der Waals surface area (Å²) in [5.41, 5.74) is -5.39. The summed E-state index contributed by atoms with van der Waals surface area (Å²) < 4.78 is 23.0. The van der Waals surface area contributed by atoms with Gasteiger partial charge in [0.25, 0.3) is 0 Å². The van der Waals surface area contributed by atoms with Crippen molar-refractivity contribution in [2.75, 3.05) is 9.80 Å². The molecule has 4 aromatic rings. The summed E-state index contributed by atoms with van der Waals surface area (Å²) in [5.74, 6) is -3.90. The molecule has 0 fully saturated rings. The molecule has 0 saturated carbocycles. The van der Waals surface area contributed by atoms with Crippen molar-refractivity contribution in [3.63, 3.8) is 0 Å². The smallest absolute Gasteiger partial charge is 0.421 e. The molecule has 0 saturated heterocycles. The van der Waals surface area contributed by atoms with Crippen molar-refractivity contribution in [2.45, 2.75) is 89.6 Å². The van der Waals surface area contributed by atoms with Crippen molar-refractivity contribution in [3.8, 4) is 0 Å². The Labute approximate surface area is 325 Å². The number of imide groups is 2. The van der Waals surface area contributed by atoms with Crippen LogP contribution < -0.4 is 9.80 Å². The number of carbonyl (C=O) groups is 6. The number of ether oxygens (including phenoxy) is 4. The molecule has 12 nitrogen and oxygen atoms in total. The monoisotopic (exact) mass is 760 g/mol. The van der Waals surface area contributed by atoms with Crippen LogP contribution in [0.2, 0.25) is 0 Å². The quantitative estimate of drug-likeness (QED) is 0.123. The van der Waals surface area contributed by atoms with Gasteiger partial charge in [-0.2, -0.15) is 0 Å². The molecule has 4 aromatic carbocycles. The van der Waals surface area contributed by atoms with Crippen molar-refractivity contribution < 1.29 is 47.7 Å². The zero-order valence-electron chi connectivity index (χ0n) is 32.2. The summed E-state index contributed by atoms with van der Waals surface area (Å²) in [6.45, 7) is 9.42. The van der Waals surface area contributed by atoms with Crippen molar-refractivity contribution in [2.24, 2.45) is 0 Å². The van der Waals surface area contributed by atoms with E-state index in [9.17, 15) is 19.2 Å². The lowest BCUT2D eigenvalue weighted by atomic mass is 9.54. The van der Waals surface area contributed by atoms with Crippen molar-refractivity contribution in [1.82, 2.24) is 0 Å². The minimum atomic E-state index is -2.38. The number of hydrogen-bond donors (Lipinski definition) is 0. The number of fused-ring (bicyclic) bond motifs is 2. The van der Waals surface area contributed by atoms with Crippen molar-refractivity contribution in [3.05, 3.63) is 131 Å². The van der Waals surface area contributed by atoms with Crippen LogP contribution in [0.4, 0.5) is 21.0 Å². The Morgan fingerprint density at radius 2 is 0.821 bits per heavy atom. The Kier molecular flexibility index (Phi) is 10.6. The maximum absolute atomic E-state index is 15.6. The summed E-state index contributed by atoms with van der Waals surface area (Å²) in [4.78, 5) is 89.6. The second-order valence-corrected chi connectivity index (χ2v) is 15.7. The zero-order valence-corrected chi connectivity index (χ0v) is 32.2. The minimum absolute atomic E-state index is 0.0284. The Balaban J connectivity index is 1.60. The molecule has 4 amide bonds. The van der Waals surface area contributed by atoms with Crippen LogP contribution in [0.1, 0.15) is 76.6 Å². The molecular formula is C44H44N2O10. The third-order valence-corrected chi connectivity index (χ3v) is 9.53. The Morgan fingerprint density at radius 3 is 1.16 bits per heavy atom. The molecule has 2 aliphatic heterocycles. The van der Waals surface area contributed by atoms with Gasteiger partial charge in [0.15, 0.2) is 0 Å². The standard InChI is InChI=1S/C44H44N2O10/c1-41(2,3)55-39(51)45-33-23-15-13-21-31(33)43(37(45)49,25-35(47)53-27-29-17-9-7-10-18-29)44(26-36(48)54-28-30-19-11-8-12-20-30)32-22-14-16-24-34(32)46(38(44)50)40(52)56-42(4,5)6/h7-24H,25-28H2,1-6H3/t43-,44-/m1/s1. The highest BCUT2D eigenvalue weighted by atomic mass is 16.6. The van der Waals surface area contributed by atoms with E-state index in [-0.39, 0.29) is 35.7 Å². The summed E-state index contributed by atoms with van der Waals surface area (Å²) in [6, 6.07) is 30.1. The molecule has 0 aromatic heterocycles. The summed E-state index contributed by atoms with van der Waals surface area (Å²) in [6.07, 6.45) is -3.80. The Morgan fingerprint density at radius 1 is 0.500 bits per heavy atom. The lowest BCUT2D eigenvalue weighted by Crippen LogP contribution is -2.62. The molecule has 290 valence electrons. The molecule has 0 bridgehead atoms. The highest BCUT2D eigenvalue weighted by Crippen LogP contribution is 2.62. The number of hydrogen-bond acceptors (Lipinski definition) is 10. The second kappa shape index (κ2) is 15.1. The van der Waals surface area contributed by atoms with Gasteiger partial charge in [0, 0.05) is 0 Å². The number of rotatable bonds is 9. The molecule has 0 aliphatic carbocycles. The van der Waals surface area contributed by atoms with E-state index in [0.717, 1.165) is 9.80 Å². The SMILES string of the molecule is CC(C)(C)OC(=O)N1C(=O)[C@](CC(=O)OCc2ccccc2)([C@@]2(CC(=O)OCc3ccccc3)C(=O)N(C(=O)OC(C)(C)C)c3ccccc32)c2ccccc21. The fourth-order valence-corrected chi connectivity index (χ4v) is 7.35. The van der Waals surface area contributed by atoms with Gasteiger partial charge in [-0.15, -0.1) is 0 Å². The van der Waals surface area contributed by atoms with Crippen LogP contribution >= 0.6 is 0 Å². The molecule has 2 atom stereocenters. The van der Waals surface area contributed by atoms with Gasteiger partial charge in [-0.3, -0.25) is 19.2 Å². The van der Waals surface area contributed by atoms with Gasteiger partial charge in [-0.1, -0.05) is 97.1 Å². The lowest BCUT2D eigenvalue weighted by molar-refractivity contribution is -0.156. The van der Waals surface area contributed by atoms with Gasteiger partial charge in [-0.25, -0.2) is 19.4 Å². The first kappa shape index (κ1) is 39.4. The second-order valence-electron chi connectivity index (χ2n) is 15.7. The maximum Gasteiger partial charge on any atom is 0.421 e. The van der Waals surface area contributed by atoms with Gasteiger partial charge < -0.3 is 18.9 Å². The van der Waals surface area contributed by atoms with Crippen molar-refractivity contribution in [1.29, 1.82) is 0 Å². The van der Waals surface area contributed by atoms with E-state index in [1.165, 1.54) is 24.3 Å². The number of benzene rings is 4. The molecule has 0 N–H and O–H groups in total. The number of anilines is 2. The fraction of sp³-hybridized carbons (Fsp3) is 0.318. The molecule has 0 spiro atoms. The van der Waals surface area contributed by atoms with Gasteiger partial charge in [0.05, 0.1) is 24.2 Å². The van der Waals surface area contributed by atoms with E-state index in [1.54, 1.807) is 126 Å². The van der Waals surface area contributed by atoms with Crippen LogP contribution in [-0.2, 0) is 62.2 Å². The first-order valence-electron chi connectivity index (χ1n) is 18.2. The minimum Gasteiger partial charge on any atom is -0.461 e. The van der Waals surface area contributed by atoms with Gasteiger partial charge in [0.1, 0.15) is 35.2 Å². The number of esters is 2. The van der Waals surface area contributed by atoms with E-state index in [1.807, 2.05) is 0 Å². The predicted molar refractivity (Wildman–Crippen MR) is 205 cm³/mol. The van der Waals surface area contributed by atoms with E-state index in [4.69, 9.17) is 18.9 Å². The third-order valence-electron chi connectivity index (χ3n) is 9.53. The number of amides is 4. The predicted octanol–water partition coefficient (Wildman–Crippen LogP) is 7.69. The van der Waals surface area contributed by atoms with Crippen LogP contribution in [-0.4, -0.2) is 47.1 Å².